The van der Waals surface area contributed by atoms with E-state index in [4.69, 9.17) is 14.2 Å². The molecule has 0 aliphatic heterocycles. The van der Waals surface area contributed by atoms with Crippen molar-refractivity contribution in [3.05, 3.63) is 53.1 Å². The normalized spacial score (nSPS) is 11.5. The number of para-hydroxylation sites is 2. The molecule has 152 valence electrons. The topological polar surface area (TPSA) is 79.1 Å². The van der Waals surface area contributed by atoms with Gasteiger partial charge in [0.1, 0.15) is 12.4 Å². The number of carbonyl (C=O) groups is 2. The minimum Gasteiger partial charge on any atom is -0.493 e. The van der Waals surface area contributed by atoms with Crippen molar-refractivity contribution >= 4 is 33.4 Å². The van der Waals surface area contributed by atoms with Crippen LogP contribution < -0.4 is 14.3 Å². The number of amides is 1. The van der Waals surface area contributed by atoms with Gasteiger partial charge in [0, 0.05) is 0 Å². The van der Waals surface area contributed by atoms with E-state index in [-0.39, 0.29) is 24.6 Å². The van der Waals surface area contributed by atoms with E-state index in [1.807, 2.05) is 0 Å². The number of nitrogens with zero attached hydrogens (tertiary/aromatic N) is 2. The number of hydrogen-bond donors (Lipinski definition) is 0. The Labute approximate surface area is 170 Å². The van der Waals surface area contributed by atoms with Crippen LogP contribution in [0.3, 0.4) is 0 Å². The van der Waals surface area contributed by atoms with Gasteiger partial charge < -0.3 is 18.8 Å². The highest BCUT2D eigenvalue weighted by molar-refractivity contribution is 7.16. The highest BCUT2D eigenvalue weighted by Crippen LogP contribution is 2.25. The first-order chi connectivity index (χ1) is 14.0. The summed E-state index contributed by atoms with van der Waals surface area (Å²) in [6.07, 6.45) is 0. The lowest BCUT2D eigenvalue weighted by Gasteiger charge is -2.08. The summed E-state index contributed by atoms with van der Waals surface area (Å²) in [5, 5.41) is 0. The molecule has 0 aliphatic carbocycles. The largest absolute Gasteiger partial charge is 0.493 e. The van der Waals surface area contributed by atoms with Crippen LogP contribution in [0.15, 0.2) is 47.5 Å². The highest BCUT2D eigenvalue weighted by atomic mass is 32.1. The molecule has 0 unspecified atom stereocenters. The molecule has 1 aromatic heterocycles. The molecule has 0 radical (unpaired) electrons. The molecule has 29 heavy (non-hydrogen) atoms. The number of ether oxygens (including phenoxy) is 3. The summed E-state index contributed by atoms with van der Waals surface area (Å²) < 4.78 is 31.3. The fourth-order valence-electron chi connectivity index (χ4n) is 2.64. The van der Waals surface area contributed by atoms with Gasteiger partial charge in [-0.05, 0) is 37.3 Å². The smallest absolute Gasteiger partial charge is 0.326 e. The third-order valence-electron chi connectivity index (χ3n) is 3.88. The third-order valence-corrected chi connectivity index (χ3v) is 4.92. The van der Waals surface area contributed by atoms with Gasteiger partial charge in [-0.25, -0.2) is 4.39 Å². The predicted octanol–water partition coefficient (Wildman–Crippen LogP) is 2.92. The number of benzene rings is 2. The van der Waals surface area contributed by atoms with E-state index in [9.17, 15) is 14.0 Å². The molecule has 7 nitrogen and oxygen atoms in total. The average molecular weight is 418 g/mol. The second-order valence-electron chi connectivity index (χ2n) is 5.83. The number of thiazole rings is 1. The molecule has 0 atom stereocenters. The molecule has 3 rings (SSSR count). The van der Waals surface area contributed by atoms with Crippen LogP contribution in [0.25, 0.3) is 10.2 Å². The first-order valence-electron chi connectivity index (χ1n) is 8.79. The maximum Gasteiger partial charge on any atom is 0.326 e. The maximum absolute atomic E-state index is 13.6. The third kappa shape index (κ3) is 5.00. The lowest BCUT2D eigenvalue weighted by atomic mass is 10.3. The van der Waals surface area contributed by atoms with Crippen molar-refractivity contribution in [2.24, 2.45) is 4.99 Å². The van der Waals surface area contributed by atoms with Crippen molar-refractivity contribution in [3.8, 4) is 11.5 Å². The molecule has 9 heteroatoms. The molecule has 0 N–H and O–H groups in total. The van der Waals surface area contributed by atoms with E-state index in [1.54, 1.807) is 31.2 Å². The van der Waals surface area contributed by atoms with Gasteiger partial charge in [0.15, 0.2) is 22.9 Å². The molecule has 1 heterocycles. The Kier molecular flexibility index (Phi) is 6.61. The number of aromatic nitrogens is 1. The van der Waals surface area contributed by atoms with Gasteiger partial charge >= 0.3 is 5.97 Å². The van der Waals surface area contributed by atoms with Crippen LogP contribution in [0.1, 0.15) is 6.92 Å². The number of methoxy groups -OCH3 is 1. The summed E-state index contributed by atoms with van der Waals surface area (Å²) in [6.45, 7) is 1.48. The average Bonchev–Trinajstić information content (AvgIpc) is 3.02. The van der Waals surface area contributed by atoms with Crippen LogP contribution in [-0.2, 0) is 20.9 Å². The zero-order valence-electron chi connectivity index (χ0n) is 15.9. The van der Waals surface area contributed by atoms with E-state index in [1.165, 1.54) is 29.9 Å². The number of fused-ring (bicyclic) bond motifs is 1. The van der Waals surface area contributed by atoms with E-state index in [0.29, 0.717) is 21.7 Å². The molecule has 0 fully saturated rings. The van der Waals surface area contributed by atoms with Gasteiger partial charge in [-0.15, -0.1) is 0 Å². The Balaban J connectivity index is 1.89. The zero-order chi connectivity index (χ0) is 20.8. The van der Waals surface area contributed by atoms with E-state index < -0.39 is 17.7 Å². The Bertz CT molecular complexity index is 1110. The maximum atomic E-state index is 13.6. The number of carbonyl (C=O) groups excluding carboxylic acids is 2. The molecule has 1 amide bonds. The first-order valence-corrected chi connectivity index (χ1v) is 9.61. The van der Waals surface area contributed by atoms with Crippen molar-refractivity contribution < 1.29 is 28.2 Å². The molecule has 2 aromatic carbocycles. The number of hydrogen-bond acceptors (Lipinski definition) is 6. The van der Waals surface area contributed by atoms with Crippen LogP contribution in [0.4, 0.5) is 4.39 Å². The van der Waals surface area contributed by atoms with E-state index in [0.717, 1.165) is 11.3 Å². The lowest BCUT2D eigenvalue weighted by Crippen LogP contribution is -2.24. The van der Waals surface area contributed by atoms with Crippen LogP contribution in [0.5, 0.6) is 11.5 Å². The summed E-state index contributed by atoms with van der Waals surface area (Å²) in [7, 11) is 1.50. The number of esters is 1. The number of rotatable bonds is 7. The molecule has 0 bridgehead atoms. The minimum atomic E-state index is -0.555. The minimum absolute atomic E-state index is 0.140. The molecule has 0 saturated carbocycles. The Morgan fingerprint density at radius 2 is 1.93 bits per heavy atom. The molecular formula is C20H19FN2O5S. The van der Waals surface area contributed by atoms with Crippen molar-refractivity contribution in [1.82, 2.24) is 4.57 Å². The summed E-state index contributed by atoms with van der Waals surface area (Å²) in [4.78, 5) is 28.6. The summed E-state index contributed by atoms with van der Waals surface area (Å²) in [5.41, 5.74) is 0.585. The number of halogens is 1. The monoisotopic (exact) mass is 418 g/mol. The molecule has 0 spiro atoms. The zero-order valence-corrected chi connectivity index (χ0v) is 16.7. The van der Waals surface area contributed by atoms with Gasteiger partial charge in [-0.1, -0.05) is 23.5 Å². The lowest BCUT2D eigenvalue weighted by molar-refractivity contribution is -0.143. The SMILES string of the molecule is CCOC(=O)Cn1c(=NC(=O)COc2ccccc2OC)sc2cc(F)ccc21. The Morgan fingerprint density at radius 3 is 2.66 bits per heavy atom. The molecular weight excluding hydrogens is 399 g/mol. The van der Waals surface area contributed by atoms with E-state index >= 15 is 0 Å². The molecule has 0 aliphatic rings. The summed E-state index contributed by atoms with van der Waals surface area (Å²) in [6, 6.07) is 11.1. The fraction of sp³-hybridized carbons (Fsp3) is 0.250. The summed E-state index contributed by atoms with van der Waals surface area (Å²) in [5.74, 6) is -0.540. The molecule has 0 saturated heterocycles. The van der Waals surface area contributed by atoms with Crippen LogP contribution in [-0.4, -0.2) is 36.8 Å². The van der Waals surface area contributed by atoms with E-state index in [2.05, 4.69) is 4.99 Å². The predicted molar refractivity (Wildman–Crippen MR) is 105 cm³/mol. The molecule has 3 aromatic rings. The van der Waals surface area contributed by atoms with Crippen molar-refractivity contribution in [3.63, 3.8) is 0 Å². The Hall–Kier alpha value is -3.20. The summed E-state index contributed by atoms with van der Waals surface area (Å²) >= 11 is 1.10. The van der Waals surface area contributed by atoms with Gasteiger partial charge in [0.25, 0.3) is 5.91 Å². The van der Waals surface area contributed by atoms with Gasteiger partial charge in [-0.2, -0.15) is 4.99 Å². The van der Waals surface area contributed by atoms with Gasteiger partial charge in [0.2, 0.25) is 0 Å². The Morgan fingerprint density at radius 1 is 1.17 bits per heavy atom. The van der Waals surface area contributed by atoms with Crippen molar-refractivity contribution in [1.29, 1.82) is 0 Å². The first kappa shape index (κ1) is 20.5. The second-order valence-corrected chi connectivity index (χ2v) is 6.84. The highest BCUT2D eigenvalue weighted by Gasteiger charge is 2.13. The van der Waals surface area contributed by atoms with Crippen LogP contribution in [0.2, 0.25) is 0 Å². The van der Waals surface area contributed by atoms with Crippen molar-refractivity contribution in [2.75, 3.05) is 20.3 Å². The van der Waals surface area contributed by atoms with Crippen LogP contribution >= 0.6 is 11.3 Å². The van der Waals surface area contributed by atoms with Gasteiger partial charge in [-0.3, -0.25) is 9.59 Å². The fourth-order valence-corrected chi connectivity index (χ4v) is 3.71. The van der Waals surface area contributed by atoms with Crippen molar-refractivity contribution in [2.45, 2.75) is 13.5 Å². The standard InChI is InChI=1S/C20H19FN2O5S/c1-3-27-19(25)11-23-14-9-8-13(21)10-17(14)29-20(23)22-18(24)12-28-16-7-5-4-6-15(16)26-2/h4-10H,3,11-12H2,1-2H3. The van der Waals surface area contributed by atoms with Crippen LogP contribution in [0, 0.1) is 5.82 Å². The quantitative estimate of drug-likeness (QED) is 0.552. The van der Waals surface area contributed by atoms with Gasteiger partial charge in [0.05, 0.1) is 23.9 Å². The second kappa shape index (κ2) is 9.33.